The van der Waals surface area contributed by atoms with Gasteiger partial charge in [-0.25, -0.2) is 4.68 Å². The van der Waals surface area contributed by atoms with Gasteiger partial charge in [0.15, 0.2) is 5.76 Å². The van der Waals surface area contributed by atoms with E-state index in [0.717, 1.165) is 43.1 Å². The van der Waals surface area contributed by atoms with E-state index in [0.29, 0.717) is 18.8 Å². The molecule has 3 heterocycles. The van der Waals surface area contributed by atoms with Gasteiger partial charge in [0.25, 0.3) is 0 Å². The zero-order valence-electron chi connectivity index (χ0n) is 18.4. The lowest BCUT2D eigenvalue weighted by Crippen LogP contribution is -2.50. The third-order valence-corrected chi connectivity index (χ3v) is 5.88. The van der Waals surface area contributed by atoms with Crippen molar-refractivity contribution in [2.45, 2.75) is 6.54 Å². The van der Waals surface area contributed by atoms with Crippen molar-refractivity contribution in [3.63, 3.8) is 0 Å². The van der Waals surface area contributed by atoms with Crippen LogP contribution in [0.25, 0.3) is 17.1 Å². The van der Waals surface area contributed by atoms with Gasteiger partial charge in [0.1, 0.15) is 5.69 Å². The number of hydrogen-bond acceptors (Lipinski definition) is 5. The SMILES string of the molecule is O=C(CNCc1coc(-c2ccn(-c3ccccc3)n2)c1)N1CCN(c2ccccc2)CC1. The van der Waals surface area contributed by atoms with Gasteiger partial charge < -0.3 is 19.5 Å². The third kappa shape index (κ3) is 4.99. The second-order valence-corrected chi connectivity index (χ2v) is 8.11. The molecule has 4 aromatic rings. The predicted octanol–water partition coefficient (Wildman–Crippen LogP) is 3.57. The number of hydrogen-bond donors (Lipinski definition) is 1. The number of carbonyl (C=O) groups is 1. The van der Waals surface area contributed by atoms with E-state index < -0.39 is 0 Å². The molecule has 0 spiro atoms. The molecule has 0 saturated carbocycles. The summed E-state index contributed by atoms with van der Waals surface area (Å²) in [7, 11) is 0. The Morgan fingerprint density at radius 1 is 0.909 bits per heavy atom. The molecular formula is C26H27N5O2. The fourth-order valence-electron chi connectivity index (χ4n) is 4.06. The summed E-state index contributed by atoms with van der Waals surface area (Å²) in [5.74, 6) is 0.845. The largest absolute Gasteiger partial charge is 0.462 e. The summed E-state index contributed by atoms with van der Waals surface area (Å²) in [5, 5.41) is 7.85. The van der Waals surface area contributed by atoms with E-state index in [-0.39, 0.29) is 5.91 Å². The highest BCUT2D eigenvalue weighted by Gasteiger charge is 2.21. The maximum absolute atomic E-state index is 12.6. The molecular weight excluding hydrogens is 414 g/mol. The fourth-order valence-corrected chi connectivity index (χ4v) is 4.06. The first-order chi connectivity index (χ1) is 16.3. The van der Waals surface area contributed by atoms with Crippen molar-refractivity contribution in [1.29, 1.82) is 0 Å². The number of rotatable bonds is 7. The van der Waals surface area contributed by atoms with Crippen LogP contribution in [0.4, 0.5) is 5.69 Å². The van der Waals surface area contributed by atoms with Gasteiger partial charge in [0.2, 0.25) is 5.91 Å². The first kappa shape index (κ1) is 21.0. The van der Waals surface area contributed by atoms with Gasteiger partial charge in [-0.3, -0.25) is 4.79 Å². The predicted molar refractivity (Wildman–Crippen MR) is 128 cm³/mol. The second-order valence-electron chi connectivity index (χ2n) is 8.11. The number of nitrogens with zero attached hydrogens (tertiary/aromatic N) is 4. The minimum Gasteiger partial charge on any atom is -0.462 e. The zero-order chi connectivity index (χ0) is 22.5. The maximum Gasteiger partial charge on any atom is 0.236 e. The smallest absolute Gasteiger partial charge is 0.236 e. The number of nitrogens with one attached hydrogen (secondary N) is 1. The Bertz CT molecular complexity index is 1180. The van der Waals surface area contributed by atoms with Crippen molar-refractivity contribution < 1.29 is 9.21 Å². The van der Waals surface area contributed by atoms with E-state index in [1.165, 1.54) is 5.69 Å². The first-order valence-electron chi connectivity index (χ1n) is 11.2. The van der Waals surface area contributed by atoms with E-state index in [9.17, 15) is 4.79 Å². The molecule has 33 heavy (non-hydrogen) atoms. The Morgan fingerprint density at radius 2 is 1.61 bits per heavy atom. The molecule has 1 amide bonds. The molecule has 0 aliphatic carbocycles. The van der Waals surface area contributed by atoms with Crippen LogP contribution in [0, 0.1) is 0 Å². The van der Waals surface area contributed by atoms with Crippen molar-refractivity contribution >= 4 is 11.6 Å². The lowest BCUT2D eigenvalue weighted by atomic mass is 10.2. The Morgan fingerprint density at radius 3 is 2.33 bits per heavy atom. The highest BCUT2D eigenvalue weighted by atomic mass is 16.3. The molecule has 0 bridgehead atoms. The molecule has 0 radical (unpaired) electrons. The average Bonchev–Trinajstić information content (AvgIpc) is 3.55. The van der Waals surface area contributed by atoms with Crippen LogP contribution in [0.3, 0.4) is 0 Å². The highest BCUT2D eigenvalue weighted by molar-refractivity contribution is 5.78. The molecule has 168 valence electrons. The summed E-state index contributed by atoms with van der Waals surface area (Å²) >= 11 is 0. The quantitative estimate of drug-likeness (QED) is 0.475. The van der Waals surface area contributed by atoms with E-state index in [1.54, 1.807) is 6.26 Å². The summed E-state index contributed by atoms with van der Waals surface area (Å²) in [4.78, 5) is 16.9. The third-order valence-electron chi connectivity index (χ3n) is 5.88. The monoisotopic (exact) mass is 441 g/mol. The van der Waals surface area contributed by atoms with Crippen LogP contribution in [0.1, 0.15) is 5.56 Å². The van der Waals surface area contributed by atoms with Gasteiger partial charge in [-0.1, -0.05) is 36.4 Å². The Labute approximate surface area is 193 Å². The van der Waals surface area contributed by atoms with Crippen molar-refractivity contribution in [3.8, 4) is 17.1 Å². The summed E-state index contributed by atoms with van der Waals surface area (Å²) in [6.07, 6.45) is 3.63. The standard InChI is InChI=1S/C26H27N5O2/c32-26(30-15-13-29(14-16-30)22-7-3-1-4-8-22)19-27-18-21-17-25(33-20-21)24-11-12-31(28-24)23-9-5-2-6-10-23/h1-12,17,20,27H,13-16,18-19H2. The Kier molecular flexibility index (Phi) is 6.21. The van der Waals surface area contributed by atoms with Gasteiger partial charge in [0, 0.05) is 50.2 Å². The van der Waals surface area contributed by atoms with Crippen molar-refractivity contribution in [1.82, 2.24) is 20.0 Å². The van der Waals surface area contributed by atoms with Crippen LogP contribution in [-0.4, -0.2) is 53.3 Å². The zero-order valence-corrected chi connectivity index (χ0v) is 18.4. The van der Waals surface area contributed by atoms with Crippen molar-refractivity contribution in [3.05, 3.63) is 90.8 Å². The van der Waals surface area contributed by atoms with Gasteiger partial charge in [-0.15, -0.1) is 0 Å². The molecule has 1 fully saturated rings. The van der Waals surface area contributed by atoms with Gasteiger partial charge >= 0.3 is 0 Å². The lowest BCUT2D eigenvalue weighted by molar-refractivity contribution is -0.130. The number of para-hydroxylation sites is 2. The molecule has 1 aliphatic heterocycles. The van der Waals surface area contributed by atoms with Crippen molar-refractivity contribution in [2.24, 2.45) is 0 Å². The number of anilines is 1. The number of carbonyl (C=O) groups excluding carboxylic acids is 1. The topological polar surface area (TPSA) is 66.5 Å². The van der Waals surface area contributed by atoms with Crippen LogP contribution in [-0.2, 0) is 11.3 Å². The number of amides is 1. The molecule has 0 unspecified atom stereocenters. The summed E-state index contributed by atoms with van der Waals surface area (Å²) in [5.41, 5.74) is 3.98. The normalized spacial score (nSPS) is 13.9. The first-order valence-corrected chi connectivity index (χ1v) is 11.2. The molecule has 0 atom stereocenters. The maximum atomic E-state index is 12.6. The van der Waals surface area contributed by atoms with E-state index in [2.05, 4.69) is 27.4 Å². The molecule has 2 aromatic carbocycles. The number of furan rings is 1. The van der Waals surface area contributed by atoms with Crippen LogP contribution in [0.15, 0.2) is 89.7 Å². The van der Waals surface area contributed by atoms with Crippen molar-refractivity contribution in [2.75, 3.05) is 37.6 Å². The second kappa shape index (κ2) is 9.75. The van der Waals surface area contributed by atoms with Crippen LogP contribution >= 0.6 is 0 Å². The van der Waals surface area contributed by atoms with Gasteiger partial charge in [0.05, 0.1) is 18.5 Å². The minimum absolute atomic E-state index is 0.132. The number of aromatic nitrogens is 2. The highest BCUT2D eigenvalue weighted by Crippen LogP contribution is 2.21. The molecule has 1 saturated heterocycles. The molecule has 7 heteroatoms. The van der Waals surface area contributed by atoms with Gasteiger partial charge in [-0.05, 0) is 36.4 Å². The molecule has 1 aliphatic rings. The molecule has 7 nitrogen and oxygen atoms in total. The molecule has 1 N–H and O–H groups in total. The van der Waals surface area contributed by atoms with Crippen LogP contribution in [0.2, 0.25) is 0 Å². The Balaban J connectivity index is 1.09. The number of benzene rings is 2. The van der Waals surface area contributed by atoms with E-state index in [4.69, 9.17) is 4.42 Å². The summed E-state index contributed by atoms with van der Waals surface area (Å²) in [6, 6.07) is 24.2. The molecule has 2 aromatic heterocycles. The summed E-state index contributed by atoms with van der Waals surface area (Å²) < 4.78 is 7.54. The summed E-state index contributed by atoms with van der Waals surface area (Å²) in [6.45, 7) is 4.09. The fraction of sp³-hybridized carbons (Fsp3) is 0.231. The average molecular weight is 442 g/mol. The van der Waals surface area contributed by atoms with Gasteiger partial charge in [-0.2, -0.15) is 5.10 Å². The van der Waals surface area contributed by atoms with Crippen LogP contribution in [0.5, 0.6) is 0 Å². The van der Waals surface area contributed by atoms with E-state index >= 15 is 0 Å². The molecule has 5 rings (SSSR count). The Hall–Kier alpha value is -3.84. The minimum atomic E-state index is 0.132. The van der Waals surface area contributed by atoms with Crippen LogP contribution < -0.4 is 10.2 Å². The number of piperazine rings is 1. The van der Waals surface area contributed by atoms with E-state index in [1.807, 2.05) is 76.4 Å². The lowest BCUT2D eigenvalue weighted by Gasteiger charge is -2.36.